The number of hydrogen-bond acceptors (Lipinski definition) is 6. The van der Waals surface area contributed by atoms with Crippen molar-refractivity contribution < 1.29 is 24.5 Å². The Bertz CT molecular complexity index is 672. The van der Waals surface area contributed by atoms with E-state index < -0.39 is 12.1 Å². The normalized spacial score (nSPS) is 17.4. The molecule has 0 spiro atoms. The Hall–Kier alpha value is -1.90. The highest BCUT2D eigenvalue weighted by Gasteiger charge is 2.31. The lowest BCUT2D eigenvalue weighted by molar-refractivity contribution is -0.144. The van der Waals surface area contributed by atoms with Crippen molar-refractivity contribution in [1.82, 2.24) is 4.90 Å². The number of thioether (sulfide) groups is 1. The zero-order valence-corrected chi connectivity index (χ0v) is 14.6. The number of carbonyl (C=O) groups excluding carboxylic acids is 1. The van der Waals surface area contributed by atoms with Crippen molar-refractivity contribution in [1.29, 1.82) is 0 Å². The molecule has 0 saturated carbocycles. The lowest BCUT2D eigenvalue weighted by Gasteiger charge is -2.12. The number of rotatable bonds is 7. The third-order valence-corrected chi connectivity index (χ3v) is 4.63. The number of ether oxygens (including phenoxy) is 1. The van der Waals surface area contributed by atoms with Crippen LogP contribution in [0.2, 0.25) is 0 Å². The van der Waals surface area contributed by atoms with E-state index in [9.17, 15) is 9.59 Å². The average Bonchev–Trinajstić information content (AvgIpc) is 2.81. The van der Waals surface area contributed by atoms with Crippen LogP contribution in [0.15, 0.2) is 29.2 Å². The highest BCUT2D eigenvalue weighted by molar-refractivity contribution is 8.26. The summed E-state index contributed by atoms with van der Waals surface area (Å²) in [5.74, 6) is -0.763. The summed E-state index contributed by atoms with van der Waals surface area (Å²) < 4.78 is 5.74. The van der Waals surface area contributed by atoms with Gasteiger partial charge in [0.15, 0.2) is 6.10 Å². The lowest BCUT2D eigenvalue weighted by Crippen LogP contribution is -2.29. The van der Waals surface area contributed by atoms with Crippen LogP contribution >= 0.6 is 24.0 Å². The molecule has 1 aromatic rings. The Morgan fingerprint density at radius 2 is 2.08 bits per heavy atom. The van der Waals surface area contributed by atoms with E-state index in [1.54, 1.807) is 30.3 Å². The molecule has 1 unspecified atom stereocenters. The van der Waals surface area contributed by atoms with E-state index in [2.05, 4.69) is 0 Å². The molecular weight excluding hydrogens is 350 g/mol. The second-order valence-electron chi connectivity index (χ2n) is 5.08. The third-order valence-electron chi connectivity index (χ3n) is 3.25. The van der Waals surface area contributed by atoms with Crippen LogP contribution in [0.5, 0.6) is 5.75 Å². The fourth-order valence-corrected chi connectivity index (χ4v) is 3.28. The fourth-order valence-electron chi connectivity index (χ4n) is 1.97. The highest BCUT2D eigenvalue weighted by Crippen LogP contribution is 2.32. The third kappa shape index (κ3) is 4.56. The molecule has 1 amide bonds. The van der Waals surface area contributed by atoms with E-state index in [0.29, 0.717) is 27.9 Å². The van der Waals surface area contributed by atoms with Gasteiger partial charge in [-0.1, -0.05) is 36.1 Å². The van der Waals surface area contributed by atoms with E-state index in [1.165, 1.54) is 23.6 Å². The monoisotopic (exact) mass is 367 g/mol. The highest BCUT2D eigenvalue weighted by atomic mass is 32.2. The summed E-state index contributed by atoms with van der Waals surface area (Å²) in [6, 6.07) is 6.78. The number of carboxylic acids is 1. The van der Waals surface area contributed by atoms with Crippen LogP contribution in [0, 0.1) is 0 Å². The molecule has 2 rings (SSSR count). The number of carbonyl (C=O) groups is 2. The Balaban J connectivity index is 2.07. The molecule has 0 aromatic heterocycles. The summed E-state index contributed by atoms with van der Waals surface area (Å²) in [4.78, 5) is 25.1. The first-order valence-corrected chi connectivity index (χ1v) is 8.50. The van der Waals surface area contributed by atoms with Gasteiger partial charge in [-0.15, -0.1) is 0 Å². The van der Waals surface area contributed by atoms with Crippen molar-refractivity contribution in [3.05, 3.63) is 34.7 Å². The van der Waals surface area contributed by atoms with Crippen LogP contribution in [0.3, 0.4) is 0 Å². The molecule has 128 valence electrons. The number of amides is 1. The number of benzene rings is 1. The molecule has 8 heteroatoms. The maximum absolute atomic E-state index is 12.3. The van der Waals surface area contributed by atoms with Crippen LogP contribution in [-0.4, -0.2) is 50.6 Å². The number of hydrogen-bond donors (Lipinski definition) is 2. The summed E-state index contributed by atoms with van der Waals surface area (Å²) in [7, 11) is 0. The summed E-state index contributed by atoms with van der Waals surface area (Å²) in [5, 5.41) is 17.7. The van der Waals surface area contributed by atoms with E-state index in [4.69, 9.17) is 27.2 Å². The van der Waals surface area contributed by atoms with E-state index in [0.717, 1.165) is 5.56 Å². The van der Waals surface area contributed by atoms with Crippen molar-refractivity contribution in [3.63, 3.8) is 0 Å². The van der Waals surface area contributed by atoms with Gasteiger partial charge in [0.05, 0.1) is 4.91 Å². The second-order valence-corrected chi connectivity index (χ2v) is 6.75. The maximum Gasteiger partial charge on any atom is 0.344 e. The van der Waals surface area contributed by atoms with Crippen molar-refractivity contribution >= 4 is 46.3 Å². The van der Waals surface area contributed by atoms with Crippen LogP contribution in [-0.2, 0) is 9.59 Å². The van der Waals surface area contributed by atoms with Gasteiger partial charge in [0, 0.05) is 13.2 Å². The van der Waals surface area contributed by atoms with Crippen molar-refractivity contribution in [2.45, 2.75) is 19.4 Å². The van der Waals surface area contributed by atoms with Gasteiger partial charge in [0.1, 0.15) is 10.1 Å². The largest absolute Gasteiger partial charge is 0.479 e. The number of carboxylic acid groups (broad SMARTS) is 1. The lowest BCUT2D eigenvalue weighted by atomic mass is 10.2. The second kappa shape index (κ2) is 8.27. The number of aliphatic hydroxyl groups is 1. The Labute approximate surface area is 149 Å². The topological polar surface area (TPSA) is 87.1 Å². The molecule has 0 aliphatic carbocycles. The van der Waals surface area contributed by atoms with Gasteiger partial charge in [-0.05, 0) is 37.1 Å². The number of thiocarbonyl (C=S) groups is 1. The van der Waals surface area contributed by atoms with Gasteiger partial charge >= 0.3 is 5.97 Å². The van der Waals surface area contributed by atoms with Crippen LogP contribution in [0.1, 0.15) is 18.9 Å². The minimum absolute atomic E-state index is 0.00628. The van der Waals surface area contributed by atoms with Gasteiger partial charge in [-0.2, -0.15) is 0 Å². The van der Waals surface area contributed by atoms with Crippen LogP contribution < -0.4 is 4.74 Å². The molecule has 1 atom stereocenters. The molecule has 1 fully saturated rings. The van der Waals surface area contributed by atoms with E-state index >= 15 is 0 Å². The van der Waals surface area contributed by atoms with Crippen molar-refractivity contribution in [2.75, 3.05) is 13.2 Å². The number of aliphatic hydroxyl groups excluding tert-OH is 1. The molecule has 2 N–H and O–H groups in total. The molecule has 0 bridgehead atoms. The molecular formula is C16H17NO5S2. The van der Waals surface area contributed by atoms with Gasteiger partial charge in [0.2, 0.25) is 0 Å². The fraction of sp³-hybridized carbons (Fsp3) is 0.312. The number of nitrogens with zero attached hydrogens (tertiary/aromatic N) is 1. The van der Waals surface area contributed by atoms with E-state index in [-0.39, 0.29) is 12.5 Å². The molecule has 24 heavy (non-hydrogen) atoms. The van der Waals surface area contributed by atoms with Crippen LogP contribution in [0.4, 0.5) is 0 Å². The van der Waals surface area contributed by atoms with Gasteiger partial charge in [-0.25, -0.2) is 4.79 Å². The summed E-state index contributed by atoms with van der Waals surface area (Å²) in [6.45, 7) is 1.86. The van der Waals surface area contributed by atoms with Gasteiger partial charge < -0.3 is 14.9 Å². The summed E-state index contributed by atoms with van der Waals surface area (Å²) in [5.41, 5.74) is 0.785. The van der Waals surface area contributed by atoms with Gasteiger partial charge in [-0.3, -0.25) is 9.69 Å². The predicted molar refractivity (Wildman–Crippen MR) is 95.7 cm³/mol. The first kappa shape index (κ1) is 18.4. The predicted octanol–water partition coefficient (Wildman–Crippen LogP) is 2.12. The Kier molecular flexibility index (Phi) is 6.36. The first-order valence-electron chi connectivity index (χ1n) is 7.28. The molecule has 6 nitrogen and oxygen atoms in total. The average molecular weight is 367 g/mol. The molecule has 1 aliphatic rings. The molecule has 1 saturated heterocycles. The van der Waals surface area contributed by atoms with Crippen LogP contribution in [0.25, 0.3) is 6.08 Å². The zero-order chi connectivity index (χ0) is 17.7. The maximum atomic E-state index is 12.3. The van der Waals surface area contributed by atoms with Gasteiger partial charge in [0.25, 0.3) is 5.91 Å². The minimum Gasteiger partial charge on any atom is -0.479 e. The first-order chi connectivity index (χ1) is 11.4. The standard InChI is InChI=1S/C16H17NO5S2/c1-10(15(20)21)22-12-5-3-11(4-6-12)9-13-14(19)17(7-2-8-18)16(23)24-13/h3-6,9-10,18H,2,7-8H2,1H3,(H,20,21)/b13-9-. The minimum atomic E-state index is -1.04. The smallest absolute Gasteiger partial charge is 0.344 e. The summed E-state index contributed by atoms with van der Waals surface area (Å²) >= 11 is 6.41. The quantitative estimate of drug-likeness (QED) is 0.564. The van der Waals surface area contributed by atoms with E-state index in [1.807, 2.05) is 0 Å². The Morgan fingerprint density at radius 3 is 2.67 bits per heavy atom. The molecule has 0 radical (unpaired) electrons. The Morgan fingerprint density at radius 1 is 1.42 bits per heavy atom. The molecule has 1 heterocycles. The van der Waals surface area contributed by atoms with Crippen molar-refractivity contribution in [3.8, 4) is 5.75 Å². The molecule has 1 aromatic carbocycles. The number of aliphatic carboxylic acids is 1. The zero-order valence-electron chi connectivity index (χ0n) is 13.0. The SMILES string of the molecule is CC(Oc1ccc(/C=C2\SC(=S)N(CCCO)C2=O)cc1)C(=O)O. The summed E-state index contributed by atoms with van der Waals surface area (Å²) in [6.07, 6.45) is 1.27. The van der Waals surface area contributed by atoms with Crippen molar-refractivity contribution in [2.24, 2.45) is 0 Å². The molecule has 1 aliphatic heterocycles.